The molecule has 2 rings (SSSR count). The van der Waals surface area contributed by atoms with Crippen LogP contribution in [0.2, 0.25) is 0 Å². The van der Waals surface area contributed by atoms with Gasteiger partial charge >= 0.3 is 0 Å². The lowest BCUT2D eigenvalue weighted by Crippen LogP contribution is -2.48. The van der Waals surface area contributed by atoms with E-state index in [1.54, 1.807) is 6.92 Å². The Hall–Kier alpha value is -1.06. The summed E-state index contributed by atoms with van der Waals surface area (Å²) in [6, 6.07) is -0.0982. The normalized spacial score (nSPS) is 28.8. The summed E-state index contributed by atoms with van der Waals surface area (Å²) in [4.78, 5) is 25.7. The monoisotopic (exact) mass is 252 g/mol. The summed E-state index contributed by atoms with van der Waals surface area (Å²) in [6.45, 7) is 4.51. The van der Waals surface area contributed by atoms with Crippen LogP contribution in [-0.4, -0.2) is 35.3 Å². The van der Waals surface area contributed by atoms with Gasteiger partial charge in [0.25, 0.3) is 0 Å². The van der Waals surface area contributed by atoms with Crippen molar-refractivity contribution in [3.8, 4) is 0 Å². The summed E-state index contributed by atoms with van der Waals surface area (Å²) >= 11 is 0. The molecule has 0 radical (unpaired) electrons. The summed E-state index contributed by atoms with van der Waals surface area (Å²) < 4.78 is 0. The number of hydrogen-bond acceptors (Lipinski definition) is 2. The van der Waals surface area contributed by atoms with E-state index in [1.165, 1.54) is 32.1 Å². The molecule has 1 aliphatic carbocycles. The Morgan fingerprint density at radius 2 is 1.89 bits per heavy atom. The highest BCUT2D eigenvalue weighted by Crippen LogP contribution is 2.29. The molecule has 2 atom stereocenters. The van der Waals surface area contributed by atoms with Crippen LogP contribution in [0.3, 0.4) is 0 Å². The molecule has 102 valence electrons. The van der Waals surface area contributed by atoms with Crippen molar-refractivity contribution in [2.75, 3.05) is 6.54 Å². The Bertz CT molecular complexity index is 324. The summed E-state index contributed by atoms with van der Waals surface area (Å²) in [6.07, 6.45) is 6.77. The second-order valence-corrected chi connectivity index (χ2v) is 5.71. The third-order valence-corrected chi connectivity index (χ3v) is 4.43. The lowest BCUT2D eigenvalue weighted by atomic mass is 9.84. The van der Waals surface area contributed by atoms with Gasteiger partial charge in [-0.05, 0) is 32.6 Å². The van der Waals surface area contributed by atoms with Gasteiger partial charge in [0.2, 0.25) is 11.8 Å². The Morgan fingerprint density at radius 1 is 1.22 bits per heavy atom. The van der Waals surface area contributed by atoms with Crippen LogP contribution in [0.4, 0.5) is 0 Å². The van der Waals surface area contributed by atoms with E-state index in [0.29, 0.717) is 18.9 Å². The predicted molar refractivity (Wildman–Crippen MR) is 70.0 cm³/mol. The van der Waals surface area contributed by atoms with E-state index in [4.69, 9.17) is 0 Å². The maximum atomic E-state index is 12.3. The fraction of sp³-hybridized carbons (Fsp3) is 0.857. The molecule has 4 nitrogen and oxygen atoms in total. The molecular formula is C14H24N2O2. The minimum Gasteiger partial charge on any atom is -0.345 e. The van der Waals surface area contributed by atoms with Crippen molar-refractivity contribution in [2.24, 2.45) is 5.92 Å². The van der Waals surface area contributed by atoms with Gasteiger partial charge in [-0.1, -0.05) is 19.3 Å². The van der Waals surface area contributed by atoms with Gasteiger partial charge in [-0.15, -0.1) is 0 Å². The van der Waals surface area contributed by atoms with Crippen LogP contribution in [0.25, 0.3) is 0 Å². The summed E-state index contributed by atoms with van der Waals surface area (Å²) in [5, 5.41) is 2.75. The number of carbonyl (C=O) groups is 2. The molecule has 1 N–H and O–H groups in total. The largest absolute Gasteiger partial charge is 0.345 e. The Morgan fingerprint density at radius 3 is 2.56 bits per heavy atom. The summed E-state index contributed by atoms with van der Waals surface area (Å²) in [5.41, 5.74) is 0. The first kappa shape index (κ1) is 13.4. The molecule has 2 fully saturated rings. The van der Waals surface area contributed by atoms with E-state index < -0.39 is 0 Å². The van der Waals surface area contributed by atoms with Crippen LogP contribution in [0.15, 0.2) is 0 Å². The Labute approximate surface area is 109 Å². The smallest absolute Gasteiger partial charge is 0.245 e. The fourth-order valence-corrected chi connectivity index (χ4v) is 3.23. The molecule has 4 heteroatoms. The van der Waals surface area contributed by atoms with E-state index in [0.717, 1.165) is 0 Å². The van der Waals surface area contributed by atoms with Crippen molar-refractivity contribution in [3.63, 3.8) is 0 Å². The van der Waals surface area contributed by atoms with E-state index >= 15 is 0 Å². The number of rotatable bonds is 2. The van der Waals surface area contributed by atoms with Crippen molar-refractivity contribution < 1.29 is 9.59 Å². The molecule has 1 heterocycles. The SMILES string of the molecule is CC1NC(=O)CCN(C(C)C2CCCCC2)C1=O. The van der Waals surface area contributed by atoms with Crippen LogP contribution >= 0.6 is 0 Å². The zero-order valence-electron chi connectivity index (χ0n) is 11.4. The minimum atomic E-state index is -0.369. The molecule has 0 bridgehead atoms. The minimum absolute atomic E-state index is 0.00538. The van der Waals surface area contributed by atoms with Crippen LogP contribution < -0.4 is 5.32 Å². The molecule has 2 unspecified atom stereocenters. The topological polar surface area (TPSA) is 49.4 Å². The molecule has 0 aromatic rings. The van der Waals surface area contributed by atoms with E-state index in [9.17, 15) is 9.59 Å². The molecule has 1 saturated heterocycles. The van der Waals surface area contributed by atoms with Gasteiger partial charge < -0.3 is 10.2 Å². The molecule has 2 aliphatic rings. The number of nitrogens with zero attached hydrogens (tertiary/aromatic N) is 1. The Balaban J connectivity index is 2.04. The summed E-state index contributed by atoms with van der Waals surface area (Å²) in [5.74, 6) is 0.691. The fourth-order valence-electron chi connectivity index (χ4n) is 3.23. The lowest BCUT2D eigenvalue weighted by molar-refractivity contribution is -0.136. The molecule has 0 aromatic carbocycles. The molecule has 2 amide bonds. The van der Waals surface area contributed by atoms with Crippen molar-refractivity contribution in [1.82, 2.24) is 10.2 Å². The quantitative estimate of drug-likeness (QED) is 0.813. The van der Waals surface area contributed by atoms with Crippen LogP contribution in [0.1, 0.15) is 52.4 Å². The van der Waals surface area contributed by atoms with Crippen molar-refractivity contribution in [3.05, 3.63) is 0 Å². The average molecular weight is 252 g/mol. The molecule has 1 aliphatic heterocycles. The maximum Gasteiger partial charge on any atom is 0.245 e. The zero-order chi connectivity index (χ0) is 13.1. The van der Waals surface area contributed by atoms with Crippen LogP contribution in [0.5, 0.6) is 0 Å². The first-order chi connectivity index (χ1) is 8.59. The van der Waals surface area contributed by atoms with E-state index in [2.05, 4.69) is 12.2 Å². The van der Waals surface area contributed by atoms with Gasteiger partial charge in [-0.3, -0.25) is 9.59 Å². The molecule has 0 spiro atoms. The van der Waals surface area contributed by atoms with Gasteiger partial charge in [0.1, 0.15) is 6.04 Å². The number of carbonyl (C=O) groups excluding carboxylic acids is 2. The van der Waals surface area contributed by atoms with Crippen molar-refractivity contribution in [1.29, 1.82) is 0 Å². The predicted octanol–water partition coefficient (Wildman–Crippen LogP) is 1.69. The lowest BCUT2D eigenvalue weighted by Gasteiger charge is -2.36. The van der Waals surface area contributed by atoms with Crippen LogP contribution in [-0.2, 0) is 9.59 Å². The highest BCUT2D eigenvalue weighted by atomic mass is 16.2. The van der Waals surface area contributed by atoms with Crippen molar-refractivity contribution >= 4 is 11.8 Å². The molecule has 1 saturated carbocycles. The third-order valence-electron chi connectivity index (χ3n) is 4.43. The molecular weight excluding hydrogens is 228 g/mol. The second-order valence-electron chi connectivity index (χ2n) is 5.71. The zero-order valence-corrected chi connectivity index (χ0v) is 11.4. The highest BCUT2D eigenvalue weighted by molar-refractivity contribution is 5.89. The molecule has 0 aromatic heterocycles. The van der Waals surface area contributed by atoms with Gasteiger partial charge in [0.15, 0.2) is 0 Å². The van der Waals surface area contributed by atoms with Crippen molar-refractivity contribution in [2.45, 2.75) is 64.5 Å². The number of nitrogens with one attached hydrogen (secondary N) is 1. The average Bonchev–Trinajstić information content (AvgIpc) is 2.50. The van der Waals surface area contributed by atoms with E-state index in [1.807, 2.05) is 4.90 Å². The van der Waals surface area contributed by atoms with E-state index in [-0.39, 0.29) is 23.9 Å². The second kappa shape index (κ2) is 5.72. The van der Waals surface area contributed by atoms with Gasteiger partial charge in [-0.2, -0.15) is 0 Å². The first-order valence-corrected chi connectivity index (χ1v) is 7.19. The van der Waals surface area contributed by atoms with Crippen LogP contribution in [0, 0.1) is 5.92 Å². The van der Waals surface area contributed by atoms with Gasteiger partial charge in [0, 0.05) is 19.0 Å². The Kier molecular flexibility index (Phi) is 4.25. The van der Waals surface area contributed by atoms with Gasteiger partial charge in [0.05, 0.1) is 0 Å². The highest BCUT2D eigenvalue weighted by Gasteiger charge is 2.33. The maximum absolute atomic E-state index is 12.3. The molecule has 18 heavy (non-hydrogen) atoms. The standard InChI is InChI=1S/C14H24N2O2/c1-10-14(18)16(9-8-13(17)15-10)11(2)12-6-4-3-5-7-12/h10-12H,3-9H2,1-2H3,(H,15,17). The summed E-state index contributed by atoms with van der Waals surface area (Å²) in [7, 11) is 0. The van der Waals surface area contributed by atoms with Gasteiger partial charge in [-0.25, -0.2) is 0 Å². The third kappa shape index (κ3) is 2.85. The number of hydrogen-bond donors (Lipinski definition) is 1. The first-order valence-electron chi connectivity index (χ1n) is 7.19. The number of amides is 2.